The molecule has 0 bridgehead atoms. The summed E-state index contributed by atoms with van der Waals surface area (Å²) in [6.07, 6.45) is 0. The van der Waals surface area contributed by atoms with Crippen LogP contribution < -0.4 is 5.32 Å². The summed E-state index contributed by atoms with van der Waals surface area (Å²) in [5.74, 6) is -1.42. The van der Waals surface area contributed by atoms with E-state index in [2.05, 4.69) is 26.0 Å². The van der Waals surface area contributed by atoms with Gasteiger partial charge in [0.05, 0.1) is 23.9 Å². The zero-order valence-corrected chi connectivity index (χ0v) is 14.4. The maximum Gasteiger partial charge on any atom is 0.349 e. The van der Waals surface area contributed by atoms with Gasteiger partial charge in [-0.3, -0.25) is 4.79 Å². The molecule has 9 heteroatoms. The second kappa shape index (κ2) is 5.98. The molecular formula is C13H15BrN2O5S. The zero-order chi connectivity index (χ0) is 16.5. The lowest BCUT2D eigenvalue weighted by Gasteiger charge is -2.32. The lowest BCUT2D eigenvalue weighted by atomic mass is 10.2. The van der Waals surface area contributed by atoms with Gasteiger partial charge in [-0.25, -0.2) is 13.2 Å². The number of sulfonamides is 1. The second-order valence-corrected chi connectivity index (χ2v) is 7.28. The molecule has 120 valence electrons. The highest BCUT2D eigenvalue weighted by atomic mass is 79.9. The van der Waals surface area contributed by atoms with Crippen LogP contribution in [0.3, 0.4) is 0 Å². The van der Waals surface area contributed by atoms with Gasteiger partial charge in [0.1, 0.15) is 0 Å². The van der Waals surface area contributed by atoms with Crippen molar-refractivity contribution >= 4 is 37.8 Å². The SMILES string of the molecule is COC(=O)C1(CBr)NC(=O)CN1S(=O)(=O)c1ccc(C)cc1. The largest absolute Gasteiger partial charge is 0.466 e. The first-order valence-corrected chi connectivity index (χ1v) is 8.89. The van der Waals surface area contributed by atoms with Gasteiger partial charge in [-0.1, -0.05) is 33.6 Å². The number of nitrogens with zero attached hydrogens (tertiary/aromatic N) is 1. The summed E-state index contributed by atoms with van der Waals surface area (Å²) in [4.78, 5) is 23.8. The van der Waals surface area contributed by atoms with Gasteiger partial charge < -0.3 is 10.1 Å². The number of esters is 1. The number of methoxy groups -OCH3 is 1. The van der Waals surface area contributed by atoms with E-state index in [1.807, 2.05) is 6.92 Å². The van der Waals surface area contributed by atoms with Gasteiger partial charge in [-0.05, 0) is 19.1 Å². The number of alkyl halides is 1. The summed E-state index contributed by atoms with van der Waals surface area (Å²) < 4.78 is 31.1. The molecular weight excluding hydrogens is 376 g/mol. The van der Waals surface area contributed by atoms with Crippen molar-refractivity contribution in [3.8, 4) is 0 Å². The first-order chi connectivity index (χ1) is 10.3. The predicted octanol–water partition coefficient (Wildman–Crippen LogP) is 0.380. The molecule has 1 saturated heterocycles. The van der Waals surface area contributed by atoms with Crippen LogP contribution in [-0.4, -0.2) is 49.2 Å². The van der Waals surface area contributed by atoms with Crippen LogP contribution in [0.5, 0.6) is 0 Å². The molecule has 1 fully saturated rings. The normalized spacial score (nSPS) is 22.4. The average Bonchev–Trinajstić information content (AvgIpc) is 2.85. The number of nitrogens with one attached hydrogen (secondary N) is 1. The minimum Gasteiger partial charge on any atom is -0.466 e. The Labute approximate surface area is 136 Å². The average molecular weight is 391 g/mol. The second-order valence-electron chi connectivity index (χ2n) is 4.86. The highest BCUT2D eigenvalue weighted by molar-refractivity contribution is 9.09. The fourth-order valence-corrected chi connectivity index (χ4v) is 4.66. The molecule has 7 nitrogen and oxygen atoms in total. The molecule has 2 rings (SSSR count). The first kappa shape index (κ1) is 16.9. The van der Waals surface area contributed by atoms with E-state index < -0.39 is 34.1 Å². The smallest absolute Gasteiger partial charge is 0.349 e. The Kier molecular flexibility index (Phi) is 4.59. The number of benzene rings is 1. The molecule has 1 N–H and O–H groups in total. The number of hydrogen-bond donors (Lipinski definition) is 1. The van der Waals surface area contributed by atoms with Crippen LogP contribution in [-0.2, 0) is 24.3 Å². The van der Waals surface area contributed by atoms with Gasteiger partial charge in [0.25, 0.3) is 0 Å². The van der Waals surface area contributed by atoms with Crippen molar-refractivity contribution in [2.24, 2.45) is 0 Å². The molecule has 0 aliphatic carbocycles. The summed E-state index contributed by atoms with van der Waals surface area (Å²) >= 11 is 3.10. The molecule has 1 aliphatic heterocycles. The van der Waals surface area contributed by atoms with Gasteiger partial charge in [0.2, 0.25) is 21.6 Å². The Bertz CT molecular complexity index is 704. The molecule has 1 heterocycles. The van der Waals surface area contributed by atoms with Gasteiger partial charge >= 0.3 is 5.97 Å². The van der Waals surface area contributed by atoms with Gasteiger partial charge in [0, 0.05) is 0 Å². The minimum absolute atomic E-state index is 0.00354. The number of rotatable bonds is 4. The predicted molar refractivity (Wildman–Crippen MR) is 81.8 cm³/mol. The molecule has 1 unspecified atom stereocenters. The Morgan fingerprint density at radius 1 is 1.41 bits per heavy atom. The van der Waals surface area contributed by atoms with E-state index in [-0.39, 0.29) is 10.2 Å². The monoisotopic (exact) mass is 390 g/mol. The van der Waals surface area contributed by atoms with Gasteiger partial charge in [-0.15, -0.1) is 0 Å². The van der Waals surface area contributed by atoms with Crippen LogP contribution in [0.2, 0.25) is 0 Å². The first-order valence-electron chi connectivity index (χ1n) is 6.33. The number of hydrogen-bond acceptors (Lipinski definition) is 5. The molecule has 1 aromatic carbocycles. The molecule has 1 amide bonds. The quantitative estimate of drug-likeness (QED) is 0.592. The molecule has 0 radical (unpaired) electrons. The third-order valence-electron chi connectivity index (χ3n) is 3.38. The van der Waals surface area contributed by atoms with Crippen molar-refractivity contribution in [3.05, 3.63) is 29.8 Å². The van der Waals surface area contributed by atoms with Crippen molar-refractivity contribution < 1.29 is 22.7 Å². The van der Waals surface area contributed by atoms with Crippen LogP contribution in [0, 0.1) is 6.92 Å². The minimum atomic E-state index is -4.04. The number of ether oxygens (including phenoxy) is 1. The van der Waals surface area contributed by atoms with E-state index in [1.165, 1.54) is 12.1 Å². The number of aryl methyl sites for hydroxylation is 1. The fourth-order valence-electron chi connectivity index (χ4n) is 2.20. The van der Waals surface area contributed by atoms with E-state index in [4.69, 9.17) is 0 Å². The molecule has 22 heavy (non-hydrogen) atoms. The standard InChI is InChI=1S/C13H15BrN2O5S/c1-9-3-5-10(6-4-9)22(19,20)16-7-11(17)15-13(16,8-14)12(18)21-2/h3-6H,7-8H2,1-2H3,(H,15,17). The van der Waals surface area contributed by atoms with E-state index in [9.17, 15) is 18.0 Å². The number of carbonyl (C=O) groups excluding carboxylic acids is 2. The van der Waals surface area contributed by atoms with Crippen LogP contribution in [0.25, 0.3) is 0 Å². The number of carbonyl (C=O) groups is 2. The van der Waals surface area contributed by atoms with E-state index in [0.29, 0.717) is 0 Å². The molecule has 1 aromatic rings. The lowest BCUT2D eigenvalue weighted by Crippen LogP contribution is -2.61. The van der Waals surface area contributed by atoms with Crippen LogP contribution in [0.4, 0.5) is 0 Å². The Hall–Kier alpha value is -1.45. The highest BCUT2D eigenvalue weighted by Crippen LogP contribution is 2.29. The zero-order valence-electron chi connectivity index (χ0n) is 12.0. The summed E-state index contributed by atoms with van der Waals surface area (Å²) in [6, 6.07) is 6.16. The van der Waals surface area contributed by atoms with Crippen molar-refractivity contribution in [1.29, 1.82) is 0 Å². The van der Waals surface area contributed by atoms with E-state index in [1.54, 1.807) is 12.1 Å². The molecule has 1 atom stereocenters. The highest BCUT2D eigenvalue weighted by Gasteiger charge is 2.56. The molecule has 0 spiro atoms. The Morgan fingerprint density at radius 2 is 2.00 bits per heavy atom. The van der Waals surface area contributed by atoms with Crippen molar-refractivity contribution in [1.82, 2.24) is 9.62 Å². The summed E-state index contributed by atoms with van der Waals surface area (Å²) in [7, 11) is -2.91. The molecule has 0 aromatic heterocycles. The van der Waals surface area contributed by atoms with Gasteiger partial charge in [0.15, 0.2) is 0 Å². The maximum absolute atomic E-state index is 12.8. The van der Waals surface area contributed by atoms with E-state index >= 15 is 0 Å². The summed E-state index contributed by atoms with van der Waals surface area (Å²) in [5, 5.41) is 2.27. The fraction of sp³-hybridized carbons (Fsp3) is 0.385. The Balaban J connectivity index is 2.54. The van der Waals surface area contributed by atoms with Crippen LogP contribution >= 0.6 is 15.9 Å². The van der Waals surface area contributed by atoms with Crippen LogP contribution in [0.1, 0.15) is 5.56 Å². The van der Waals surface area contributed by atoms with Crippen molar-refractivity contribution in [3.63, 3.8) is 0 Å². The lowest BCUT2D eigenvalue weighted by molar-refractivity contribution is -0.151. The van der Waals surface area contributed by atoms with E-state index in [0.717, 1.165) is 17.0 Å². The van der Waals surface area contributed by atoms with Crippen molar-refractivity contribution in [2.75, 3.05) is 19.0 Å². The summed E-state index contributed by atoms with van der Waals surface area (Å²) in [6.45, 7) is 1.38. The molecule has 1 aliphatic rings. The van der Waals surface area contributed by atoms with Crippen LogP contribution in [0.15, 0.2) is 29.2 Å². The topological polar surface area (TPSA) is 92.8 Å². The summed E-state index contributed by atoms with van der Waals surface area (Å²) in [5.41, 5.74) is -0.885. The third kappa shape index (κ3) is 2.64. The Morgan fingerprint density at radius 3 is 2.50 bits per heavy atom. The number of halogens is 1. The van der Waals surface area contributed by atoms with Gasteiger partial charge in [-0.2, -0.15) is 4.31 Å². The van der Waals surface area contributed by atoms with Crippen molar-refractivity contribution in [2.45, 2.75) is 17.5 Å². The number of amides is 1. The third-order valence-corrected chi connectivity index (χ3v) is 6.09. The molecule has 0 saturated carbocycles. The maximum atomic E-state index is 12.8.